The maximum atomic E-state index is 14.9. The fourth-order valence-corrected chi connectivity index (χ4v) is 3.04. The van der Waals surface area contributed by atoms with Crippen molar-refractivity contribution >= 4 is 5.91 Å². The number of hydrogen-bond donors (Lipinski definition) is 2. The van der Waals surface area contributed by atoms with E-state index in [1.165, 1.54) is 18.2 Å². The minimum Gasteiger partial charge on any atom is -0.487 e. The van der Waals surface area contributed by atoms with E-state index in [0.29, 0.717) is 5.56 Å². The van der Waals surface area contributed by atoms with Crippen LogP contribution in [0.25, 0.3) is 22.5 Å². The van der Waals surface area contributed by atoms with Crippen molar-refractivity contribution in [3.8, 4) is 28.3 Å². The average Bonchev–Trinajstić information content (AvgIpc) is 3.24. The highest BCUT2D eigenvalue weighted by molar-refractivity contribution is 5.89. The van der Waals surface area contributed by atoms with Gasteiger partial charge in [0, 0.05) is 11.6 Å². The third kappa shape index (κ3) is 4.11. The Bertz CT molecular complexity index is 1260. The van der Waals surface area contributed by atoms with E-state index in [1.54, 1.807) is 30.3 Å². The number of halogens is 3. The highest BCUT2D eigenvalue weighted by Crippen LogP contribution is 2.40. The predicted octanol–water partition coefficient (Wildman–Crippen LogP) is 4.23. The molecule has 0 saturated heterocycles. The van der Waals surface area contributed by atoms with E-state index in [2.05, 4.69) is 15.2 Å². The number of amides is 1. The molecule has 9 heteroatoms. The Morgan fingerprint density at radius 2 is 1.77 bits per heavy atom. The first-order chi connectivity index (χ1) is 14.9. The molecule has 4 rings (SSSR count). The van der Waals surface area contributed by atoms with Crippen molar-refractivity contribution in [2.45, 2.75) is 6.61 Å². The molecule has 0 saturated carbocycles. The summed E-state index contributed by atoms with van der Waals surface area (Å²) in [4.78, 5) is 15.4. The maximum absolute atomic E-state index is 14.9. The van der Waals surface area contributed by atoms with E-state index in [0.717, 1.165) is 12.1 Å². The lowest BCUT2D eigenvalue weighted by atomic mass is 10.00. The number of benzene rings is 3. The molecule has 6 nitrogen and oxygen atoms in total. The average molecular weight is 424 g/mol. The molecule has 0 spiro atoms. The van der Waals surface area contributed by atoms with Crippen LogP contribution in [0.15, 0.2) is 60.7 Å². The number of hydrogen-bond acceptors (Lipinski definition) is 4. The molecule has 0 aliphatic heterocycles. The fraction of sp³-hybridized carbons (Fsp3) is 0.0455. The Kier molecular flexibility index (Phi) is 5.40. The number of rotatable bonds is 6. The molecule has 0 unspecified atom stereocenters. The molecule has 0 atom stereocenters. The van der Waals surface area contributed by atoms with Gasteiger partial charge >= 0.3 is 0 Å². The summed E-state index contributed by atoms with van der Waals surface area (Å²) in [5, 5.41) is 6.36. The molecular formula is C22H15F3N4O2. The van der Waals surface area contributed by atoms with Crippen LogP contribution in [0.3, 0.4) is 0 Å². The zero-order chi connectivity index (χ0) is 22.0. The van der Waals surface area contributed by atoms with E-state index in [1.807, 2.05) is 0 Å². The number of aromatic amines is 1. The van der Waals surface area contributed by atoms with Crippen LogP contribution in [0, 0.1) is 17.5 Å². The smallest absolute Gasteiger partial charge is 0.286 e. The molecule has 156 valence electrons. The van der Waals surface area contributed by atoms with Gasteiger partial charge in [0.2, 0.25) is 5.82 Å². The summed E-state index contributed by atoms with van der Waals surface area (Å²) in [6, 6.07) is 14.2. The van der Waals surface area contributed by atoms with Gasteiger partial charge in [-0.2, -0.15) is 5.10 Å². The summed E-state index contributed by atoms with van der Waals surface area (Å²) in [6.07, 6.45) is 0. The van der Waals surface area contributed by atoms with Gasteiger partial charge < -0.3 is 10.5 Å². The maximum Gasteiger partial charge on any atom is 0.286 e. The minimum absolute atomic E-state index is 0.0324. The van der Waals surface area contributed by atoms with Crippen LogP contribution < -0.4 is 10.5 Å². The number of nitrogens with zero attached hydrogens (tertiary/aromatic N) is 2. The van der Waals surface area contributed by atoms with E-state index >= 15 is 0 Å². The highest BCUT2D eigenvalue weighted by atomic mass is 19.1. The molecule has 1 heterocycles. The van der Waals surface area contributed by atoms with E-state index in [4.69, 9.17) is 10.5 Å². The molecule has 3 aromatic carbocycles. The summed E-state index contributed by atoms with van der Waals surface area (Å²) in [5.74, 6) is -3.04. The largest absolute Gasteiger partial charge is 0.487 e. The number of nitrogens with two attached hydrogens (primary N) is 1. The standard InChI is InChI=1S/C22H15F3N4O2/c23-14-7-6-13(17(25)10-14)11-31-19-15(21-27-22(20(26)30)29-28-21)8-9-16(24)18(19)12-4-2-1-3-5-12/h1-10H,11H2,(H2,26,30)(H,27,28,29). The summed E-state index contributed by atoms with van der Waals surface area (Å²) < 4.78 is 48.0. The number of H-pyrrole nitrogens is 1. The molecule has 31 heavy (non-hydrogen) atoms. The van der Waals surface area contributed by atoms with Gasteiger partial charge in [-0.05, 0) is 29.8 Å². The SMILES string of the molecule is NC(=O)c1nc(-c2ccc(F)c(-c3ccccc3)c2OCc2ccc(F)cc2F)n[nH]1. The highest BCUT2D eigenvalue weighted by Gasteiger charge is 2.22. The van der Waals surface area contributed by atoms with Crippen LogP contribution in [-0.2, 0) is 6.61 Å². The van der Waals surface area contributed by atoms with Gasteiger partial charge in [0.1, 0.15) is 29.8 Å². The number of primary amides is 1. The quantitative estimate of drug-likeness (QED) is 0.484. The normalized spacial score (nSPS) is 10.8. The Balaban J connectivity index is 1.84. The summed E-state index contributed by atoms with van der Waals surface area (Å²) in [5.41, 5.74) is 6.15. The topological polar surface area (TPSA) is 93.9 Å². The Hall–Kier alpha value is -4.14. The number of ether oxygens (including phenoxy) is 1. The van der Waals surface area contributed by atoms with Crippen LogP contribution in [-0.4, -0.2) is 21.1 Å². The minimum atomic E-state index is -0.819. The number of carbonyl (C=O) groups is 1. The second-order valence-electron chi connectivity index (χ2n) is 6.56. The summed E-state index contributed by atoms with van der Waals surface area (Å²) in [7, 11) is 0. The van der Waals surface area contributed by atoms with Gasteiger partial charge in [-0.1, -0.05) is 30.3 Å². The Morgan fingerprint density at radius 3 is 2.45 bits per heavy atom. The zero-order valence-electron chi connectivity index (χ0n) is 15.9. The van der Waals surface area contributed by atoms with Crippen LogP contribution in [0.5, 0.6) is 5.75 Å². The van der Waals surface area contributed by atoms with E-state index < -0.39 is 23.4 Å². The number of nitrogens with one attached hydrogen (secondary N) is 1. The first kappa shape index (κ1) is 20.1. The molecular weight excluding hydrogens is 409 g/mol. The predicted molar refractivity (Wildman–Crippen MR) is 106 cm³/mol. The second kappa shape index (κ2) is 8.31. The van der Waals surface area contributed by atoms with Crippen LogP contribution in [0.1, 0.15) is 16.2 Å². The molecule has 1 amide bonds. The zero-order valence-corrected chi connectivity index (χ0v) is 15.9. The Morgan fingerprint density at radius 1 is 1.00 bits per heavy atom. The fourth-order valence-electron chi connectivity index (χ4n) is 3.04. The first-order valence-corrected chi connectivity index (χ1v) is 9.11. The molecule has 0 bridgehead atoms. The van der Waals surface area contributed by atoms with Crippen molar-refractivity contribution in [2.75, 3.05) is 0 Å². The number of carbonyl (C=O) groups excluding carboxylic acids is 1. The van der Waals surface area contributed by atoms with Gasteiger partial charge in [0.05, 0.1) is 11.1 Å². The third-order valence-electron chi connectivity index (χ3n) is 4.52. The van der Waals surface area contributed by atoms with Crippen molar-refractivity contribution in [3.05, 3.63) is 89.5 Å². The number of aromatic nitrogens is 3. The first-order valence-electron chi connectivity index (χ1n) is 9.11. The molecule has 1 aromatic heterocycles. The summed E-state index contributed by atoms with van der Waals surface area (Å²) >= 11 is 0. The lowest BCUT2D eigenvalue weighted by Gasteiger charge is -2.16. The van der Waals surface area contributed by atoms with Crippen LogP contribution >= 0.6 is 0 Å². The van der Waals surface area contributed by atoms with Crippen molar-refractivity contribution in [3.63, 3.8) is 0 Å². The Labute approximate surface area is 174 Å². The lowest BCUT2D eigenvalue weighted by Crippen LogP contribution is -2.12. The van der Waals surface area contributed by atoms with Crippen LogP contribution in [0.4, 0.5) is 13.2 Å². The van der Waals surface area contributed by atoms with Crippen LogP contribution in [0.2, 0.25) is 0 Å². The molecule has 0 radical (unpaired) electrons. The summed E-state index contributed by atoms with van der Waals surface area (Å²) in [6.45, 7) is -0.310. The molecule has 4 aromatic rings. The van der Waals surface area contributed by atoms with E-state index in [-0.39, 0.29) is 40.7 Å². The van der Waals surface area contributed by atoms with Gasteiger partial charge in [-0.15, -0.1) is 0 Å². The van der Waals surface area contributed by atoms with Gasteiger partial charge in [0.25, 0.3) is 5.91 Å². The van der Waals surface area contributed by atoms with Gasteiger partial charge in [-0.25, -0.2) is 18.2 Å². The van der Waals surface area contributed by atoms with Gasteiger partial charge in [-0.3, -0.25) is 9.89 Å². The second-order valence-corrected chi connectivity index (χ2v) is 6.56. The molecule has 0 fully saturated rings. The van der Waals surface area contributed by atoms with Gasteiger partial charge in [0.15, 0.2) is 5.82 Å². The van der Waals surface area contributed by atoms with E-state index in [9.17, 15) is 18.0 Å². The molecule has 0 aliphatic carbocycles. The third-order valence-corrected chi connectivity index (χ3v) is 4.52. The molecule has 0 aliphatic rings. The lowest BCUT2D eigenvalue weighted by molar-refractivity contribution is 0.0991. The van der Waals surface area contributed by atoms with Crippen molar-refractivity contribution in [1.29, 1.82) is 0 Å². The van der Waals surface area contributed by atoms with Crippen molar-refractivity contribution < 1.29 is 22.7 Å². The van der Waals surface area contributed by atoms with Crippen molar-refractivity contribution in [2.24, 2.45) is 5.73 Å². The molecule has 3 N–H and O–H groups in total. The monoisotopic (exact) mass is 424 g/mol. The van der Waals surface area contributed by atoms with Crippen molar-refractivity contribution in [1.82, 2.24) is 15.2 Å².